The molecule has 2 aromatic heterocycles. The molecule has 1 atom stereocenters. The van der Waals surface area contributed by atoms with Crippen LogP contribution in [0.4, 0.5) is 13.2 Å². The zero-order valence-corrected chi connectivity index (χ0v) is 12.9. The van der Waals surface area contributed by atoms with Crippen LogP contribution in [0.5, 0.6) is 0 Å². The molecule has 0 saturated heterocycles. The molecule has 1 aliphatic carbocycles. The number of hydrogen-bond acceptors (Lipinski definition) is 3. The normalized spacial score (nSPS) is 17.7. The molecule has 0 radical (unpaired) electrons. The van der Waals surface area contributed by atoms with Crippen LogP contribution in [0.15, 0.2) is 42.4 Å². The maximum absolute atomic E-state index is 12.6. The third-order valence-electron chi connectivity index (χ3n) is 3.45. The van der Waals surface area contributed by atoms with Crippen molar-refractivity contribution in [2.24, 2.45) is 0 Å². The summed E-state index contributed by atoms with van der Waals surface area (Å²) in [6.07, 6.45) is 4.57. The Balaban J connectivity index is 0.000000924. The van der Waals surface area contributed by atoms with Crippen molar-refractivity contribution < 1.29 is 18.3 Å². The smallest absolute Gasteiger partial charge is 0.390 e. The van der Waals surface area contributed by atoms with Crippen molar-refractivity contribution in [3.63, 3.8) is 0 Å². The molecule has 3 rings (SSSR count). The molecule has 2 heterocycles. The first-order valence-corrected chi connectivity index (χ1v) is 7.37. The number of fused-ring (bicyclic) bond motifs is 1. The summed E-state index contributed by atoms with van der Waals surface area (Å²) in [7, 11) is 0. The number of allylic oxidation sites excluding steroid dienone is 4. The Morgan fingerprint density at radius 3 is 2.57 bits per heavy atom. The molecule has 0 fully saturated rings. The number of halogens is 3. The van der Waals surface area contributed by atoms with Crippen molar-refractivity contribution in [2.75, 3.05) is 0 Å². The first-order chi connectivity index (χ1) is 11.0. The number of aliphatic hydroxyl groups excluding tert-OH is 1. The summed E-state index contributed by atoms with van der Waals surface area (Å²) in [5.41, 5.74) is 1.23. The van der Waals surface area contributed by atoms with Crippen LogP contribution in [-0.4, -0.2) is 25.7 Å². The van der Waals surface area contributed by atoms with Gasteiger partial charge in [-0.2, -0.15) is 13.2 Å². The molecule has 1 N–H and O–H groups in total. The minimum absolute atomic E-state index is 0.181. The fourth-order valence-corrected chi connectivity index (χ4v) is 2.35. The molecule has 0 saturated carbocycles. The highest BCUT2D eigenvalue weighted by Gasteiger charge is 2.33. The lowest BCUT2D eigenvalue weighted by Crippen LogP contribution is -2.13. The molecule has 124 valence electrons. The molecule has 0 spiro atoms. The number of nitrogens with zero attached hydrogens (tertiary/aromatic N) is 3. The molecule has 0 aliphatic heterocycles. The minimum Gasteiger partial charge on any atom is -0.390 e. The summed E-state index contributed by atoms with van der Waals surface area (Å²) in [4.78, 5) is 8.20. The van der Waals surface area contributed by atoms with Crippen molar-refractivity contribution in [1.29, 1.82) is 0 Å². The number of hydrogen-bond donors (Lipinski definition) is 1. The molecule has 1 aliphatic rings. The van der Waals surface area contributed by atoms with E-state index in [0.717, 1.165) is 11.8 Å². The van der Waals surface area contributed by atoms with Gasteiger partial charge in [-0.3, -0.25) is 4.98 Å². The van der Waals surface area contributed by atoms with Gasteiger partial charge in [-0.1, -0.05) is 32.1 Å². The standard InChI is InChI=1S/C14H12F3N3O.C2H6/c15-14(16,17)10-3-1-9(2-4-10)12-5-19-13-6-18-11(8-21)7-20(12)13;1-2/h1,3-7,9,21H,2,8H2;1-2H3. The predicted molar refractivity (Wildman–Crippen MR) is 80.9 cm³/mol. The van der Waals surface area contributed by atoms with Gasteiger partial charge in [-0.25, -0.2) is 4.98 Å². The Labute approximate surface area is 132 Å². The van der Waals surface area contributed by atoms with Gasteiger partial charge in [-0.15, -0.1) is 0 Å². The molecule has 23 heavy (non-hydrogen) atoms. The van der Waals surface area contributed by atoms with E-state index < -0.39 is 11.7 Å². The highest BCUT2D eigenvalue weighted by atomic mass is 19.4. The molecule has 0 amide bonds. The van der Waals surface area contributed by atoms with Crippen LogP contribution in [0.25, 0.3) is 5.65 Å². The zero-order valence-electron chi connectivity index (χ0n) is 12.9. The van der Waals surface area contributed by atoms with Gasteiger partial charge in [0.2, 0.25) is 0 Å². The second-order valence-electron chi connectivity index (χ2n) is 4.81. The summed E-state index contributed by atoms with van der Waals surface area (Å²) < 4.78 is 39.5. The summed E-state index contributed by atoms with van der Waals surface area (Å²) in [5.74, 6) is -0.181. The van der Waals surface area contributed by atoms with E-state index in [-0.39, 0.29) is 18.9 Å². The molecule has 0 bridgehead atoms. The largest absolute Gasteiger partial charge is 0.416 e. The average Bonchev–Trinajstić information content (AvgIpc) is 2.99. The van der Waals surface area contributed by atoms with Gasteiger partial charge in [0.15, 0.2) is 5.65 Å². The van der Waals surface area contributed by atoms with E-state index in [4.69, 9.17) is 5.11 Å². The third kappa shape index (κ3) is 3.61. The predicted octanol–water partition coefficient (Wildman–Crippen LogP) is 3.78. The Morgan fingerprint density at radius 1 is 1.26 bits per heavy atom. The average molecular weight is 325 g/mol. The van der Waals surface area contributed by atoms with E-state index in [1.807, 2.05) is 13.8 Å². The second-order valence-corrected chi connectivity index (χ2v) is 4.81. The quantitative estimate of drug-likeness (QED) is 0.914. The lowest BCUT2D eigenvalue weighted by molar-refractivity contribution is -0.0886. The van der Waals surface area contributed by atoms with E-state index in [9.17, 15) is 13.2 Å². The van der Waals surface area contributed by atoms with Crippen LogP contribution in [0, 0.1) is 0 Å². The van der Waals surface area contributed by atoms with Crippen LogP contribution in [0.2, 0.25) is 0 Å². The van der Waals surface area contributed by atoms with Gasteiger partial charge in [0, 0.05) is 24.0 Å². The highest BCUT2D eigenvalue weighted by molar-refractivity contribution is 5.41. The van der Waals surface area contributed by atoms with E-state index >= 15 is 0 Å². The van der Waals surface area contributed by atoms with E-state index in [2.05, 4.69) is 9.97 Å². The first-order valence-electron chi connectivity index (χ1n) is 7.37. The lowest BCUT2D eigenvalue weighted by atomic mass is 9.94. The lowest BCUT2D eigenvalue weighted by Gasteiger charge is -2.17. The fraction of sp³-hybridized carbons (Fsp3) is 0.375. The van der Waals surface area contributed by atoms with E-state index in [1.165, 1.54) is 18.3 Å². The Kier molecular flexibility index (Phi) is 5.20. The van der Waals surface area contributed by atoms with Crippen LogP contribution >= 0.6 is 0 Å². The number of rotatable bonds is 2. The van der Waals surface area contributed by atoms with E-state index in [0.29, 0.717) is 11.3 Å². The van der Waals surface area contributed by atoms with Crippen molar-refractivity contribution in [3.8, 4) is 0 Å². The van der Waals surface area contributed by atoms with Gasteiger partial charge < -0.3 is 9.51 Å². The van der Waals surface area contributed by atoms with Gasteiger partial charge >= 0.3 is 6.18 Å². The highest BCUT2D eigenvalue weighted by Crippen LogP contribution is 2.34. The third-order valence-corrected chi connectivity index (χ3v) is 3.45. The Bertz CT molecular complexity index is 732. The van der Waals surface area contributed by atoms with Crippen molar-refractivity contribution in [1.82, 2.24) is 14.4 Å². The van der Waals surface area contributed by atoms with Crippen molar-refractivity contribution in [3.05, 3.63) is 53.8 Å². The molecule has 1 unspecified atom stereocenters. The topological polar surface area (TPSA) is 50.4 Å². The summed E-state index contributed by atoms with van der Waals surface area (Å²) in [6, 6.07) is 0. The van der Waals surface area contributed by atoms with Crippen LogP contribution in [-0.2, 0) is 6.61 Å². The Morgan fingerprint density at radius 2 is 2.00 bits per heavy atom. The van der Waals surface area contributed by atoms with Gasteiger partial charge in [0.05, 0.1) is 24.1 Å². The summed E-state index contributed by atoms with van der Waals surface area (Å²) >= 11 is 0. The van der Waals surface area contributed by atoms with Crippen molar-refractivity contribution >= 4 is 5.65 Å². The monoisotopic (exact) mass is 325 g/mol. The Hall–Kier alpha value is -2.15. The molecule has 4 nitrogen and oxygen atoms in total. The zero-order chi connectivity index (χ0) is 17.0. The van der Waals surface area contributed by atoms with Crippen LogP contribution in [0.1, 0.15) is 37.6 Å². The summed E-state index contributed by atoms with van der Waals surface area (Å²) in [5, 5.41) is 9.12. The minimum atomic E-state index is -4.31. The maximum atomic E-state index is 12.6. The van der Waals surface area contributed by atoms with Crippen molar-refractivity contribution in [2.45, 2.75) is 39.0 Å². The number of imidazole rings is 1. The summed E-state index contributed by atoms with van der Waals surface area (Å²) in [6.45, 7) is 3.80. The van der Waals surface area contributed by atoms with Gasteiger partial charge in [0.1, 0.15) is 0 Å². The van der Waals surface area contributed by atoms with Gasteiger partial charge in [-0.05, 0) is 6.42 Å². The second kappa shape index (κ2) is 6.95. The molecule has 7 heteroatoms. The SMILES string of the molecule is CC.OCc1cn2c(C3C=CC(C(F)(F)F)=CC3)cnc2cn1. The molecular formula is C16H18F3N3O. The van der Waals surface area contributed by atoms with Crippen LogP contribution in [0.3, 0.4) is 0 Å². The van der Waals surface area contributed by atoms with E-state index in [1.54, 1.807) is 16.8 Å². The number of aromatic nitrogens is 3. The first kappa shape index (κ1) is 17.2. The maximum Gasteiger partial charge on any atom is 0.416 e. The van der Waals surface area contributed by atoms with Crippen LogP contribution < -0.4 is 0 Å². The molecule has 2 aromatic rings. The van der Waals surface area contributed by atoms with Gasteiger partial charge in [0.25, 0.3) is 0 Å². The fourth-order valence-electron chi connectivity index (χ4n) is 2.35. The molecular weight excluding hydrogens is 307 g/mol. The number of alkyl halides is 3. The number of aliphatic hydroxyl groups is 1. The molecule has 0 aromatic carbocycles.